The van der Waals surface area contributed by atoms with E-state index in [4.69, 9.17) is 9.47 Å². The Hall–Kier alpha value is -3.01. The third-order valence-corrected chi connectivity index (χ3v) is 3.97. The molecule has 0 aliphatic carbocycles. The molecule has 10 heteroatoms. The summed E-state index contributed by atoms with van der Waals surface area (Å²) >= 11 is 0. The number of nitrogens with zero attached hydrogens (tertiary/aromatic N) is 6. The Morgan fingerprint density at radius 3 is 2.78 bits per heavy atom. The Morgan fingerprint density at radius 1 is 1.30 bits per heavy atom. The van der Waals surface area contributed by atoms with E-state index in [2.05, 4.69) is 25.3 Å². The second-order valence-electron chi connectivity index (χ2n) is 6.09. The highest BCUT2D eigenvalue weighted by Gasteiger charge is 2.18. The third-order valence-electron chi connectivity index (χ3n) is 3.97. The first-order valence-electron chi connectivity index (χ1n) is 8.60. The molecule has 3 rings (SSSR count). The average Bonchev–Trinajstić information content (AvgIpc) is 2.72. The minimum atomic E-state index is -0.306. The molecule has 27 heavy (non-hydrogen) atoms. The summed E-state index contributed by atoms with van der Waals surface area (Å²) in [5, 5.41) is 2.81. The summed E-state index contributed by atoms with van der Waals surface area (Å²) in [5.41, 5.74) is 0.357. The first-order chi connectivity index (χ1) is 13.1. The van der Waals surface area contributed by atoms with Gasteiger partial charge in [-0.2, -0.15) is 15.0 Å². The lowest BCUT2D eigenvalue weighted by Gasteiger charge is -2.27. The van der Waals surface area contributed by atoms with Gasteiger partial charge in [0.1, 0.15) is 5.56 Å². The first-order valence-corrected chi connectivity index (χ1v) is 8.60. The van der Waals surface area contributed by atoms with Crippen LogP contribution < -0.4 is 19.9 Å². The predicted molar refractivity (Wildman–Crippen MR) is 99.1 cm³/mol. The van der Waals surface area contributed by atoms with Crippen LogP contribution in [0.2, 0.25) is 0 Å². The highest BCUT2D eigenvalue weighted by molar-refractivity contribution is 5.96. The molecule has 1 saturated heterocycles. The van der Waals surface area contributed by atoms with E-state index in [0.29, 0.717) is 36.5 Å². The van der Waals surface area contributed by atoms with Gasteiger partial charge in [0.15, 0.2) is 5.82 Å². The molecule has 0 atom stereocenters. The van der Waals surface area contributed by atoms with Crippen molar-refractivity contribution in [2.24, 2.45) is 0 Å². The Morgan fingerprint density at radius 2 is 2.07 bits per heavy atom. The molecule has 1 aliphatic rings. The quantitative estimate of drug-likeness (QED) is 0.755. The van der Waals surface area contributed by atoms with Crippen LogP contribution in [-0.2, 0) is 11.3 Å². The highest BCUT2D eigenvalue weighted by atomic mass is 16.5. The number of anilines is 2. The highest BCUT2D eigenvalue weighted by Crippen LogP contribution is 2.15. The summed E-state index contributed by atoms with van der Waals surface area (Å²) < 4.78 is 10.5. The SMILES string of the molecule is COc1ncccc1C(=O)NCc1nc(N(C)C)nc(N2CCOCC2)n1. The molecule has 0 spiro atoms. The van der Waals surface area contributed by atoms with Crippen LogP contribution in [0.5, 0.6) is 5.88 Å². The lowest BCUT2D eigenvalue weighted by atomic mass is 10.2. The van der Waals surface area contributed by atoms with Gasteiger partial charge in [-0.05, 0) is 12.1 Å². The normalized spacial score (nSPS) is 14.0. The minimum absolute atomic E-state index is 0.164. The van der Waals surface area contributed by atoms with Crippen LogP contribution in [0.3, 0.4) is 0 Å². The number of rotatable bonds is 6. The summed E-state index contributed by atoms with van der Waals surface area (Å²) in [6.45, 7) is 2.87. The average molecular weight is 373 g/mol. The lowest BCUT2D eigenvalue weighted by molar-refractivity contribution is 0.0946. The van der Waals surface area contributed by atoms with Crippen molar-refractivity contribution in [3.63, 3.8) is 0 Å². The van der Waals surface area contributed by atoms with Gasteiger partial charge in [0, 0.05) is 33.4 Å². The number of carbonyl (C=O) groups is 1. The van der Waals surface area contributed by atoms with Gasteiger partial charge >= 0.3 is 0 Å². The first kappa shape index (κ1) is 18.8. The van der Waals surface area contributed by atoms with Crippen LogP contribution in [0.1, 0.15) is 16.2 Å². The van der Waals surface area contributed by atoms with Gasteiger partial charge in [0.05, 0.1) is 26.9 Å². The fourth-order valence-electron chi connectivity index (χ4n) is 2.56. The molecule has 0 unspecified atom stereocenters. The second kappa shape index (κ2) is 8.58. The molecule has 0 aromatic carbocycles. The molecule has 1 amide bonds. The molecule has 1 N–H and O–H groups in total. The Labute approximate surface area is 157 Å². The smallest absolute Gasteiger partial charge is 0.257 e. The number of hydrogen-bond acceptors (Lipinski definition) is 9. The van der Waals surface area contributed by atoms with Crippen LogP contribution >= 0.6 is 0 Å². The Bertz CT molecular complexity index is 794. The van der Waals surface area contributed by atoms with E-state index >= 15 is 0 Å². The maximum absolute atomic E-state index is 12.5. The molecular formula is C17H23N7O3. The minimum Gasteiger partial charge on any atom is -0.480 e. The number of pyridine rings is 1. The van der Waals surface area contributed by atoms with Gasteiger partial charge in [-0.15, -0.1) is 0 Å². The molecule has 144 valence electrons. The van der Waals surface area contributed by atoms with Gasteiger partial charge < -0.3 is 24.6 Å². The zero-order valence-electron chi connectivity index (χ0n) is 15.7. The van der Waals surface area contributed by atoms with E-state index in [-0.39, 0.29) is 18.3 Å². The molecule has 10 nitrogen and oxygen atoms in total. The molecule has 2 aromatic rings. The second-order valence-corrected chi connectivity index (χ2v) is 6.09. The van der Waals surface area contributed by atoms with E-state index < -0.39 is 0 Å². The molecule has 0 saturated carbocycles. The molecular weight excluding hydrogens is 350 g/mol. The Kier molecular flexibility index (Phi) is 5.97. The molecule has 0 bridgehead atoms. The largest absolute Gasteiger partial charge is 0.480 e. The van der Waals surface area contributed by atoms with Gasteiger partial charge in [0.2, 0.25) is 17.8 Å². The summed E-state index contributed by atoms with van der Waals surface area (Å²) in [4.78, 5) is 33.8. The number of morpholine rings is 1. The zero-order chi connectivity index (χ0) is 19.2. The van der Waals surface area contributed by atoms with E-state index in [1.165, 1.54) is 7.11 Å². The molecule has 2 aromatic heterocycles. The number of nitrogens with one attached hydrogen (secondary N) is 1. The lowest BCUT2D eigenvalue weighted by Crippen LogP contribution is -2.38. The molecule has 1 fully saturated rings. The van der Waals surface area contributed by atoms with Crippen molar-refractivity contribution in [2.75, 3.05) is 57.3 Å². The van der Waals surface area contributed by atoms with E-state index in [0.717, 1.165) is 13.1 Å². The number of amides is 1. The van der Waals surface area contributed by atoms with Crippen LogP contribution in [0.15, 0.2) is 18.3 Å². The van der Waals surface area contributed by atoms with Gasteiger partial charge in [-0.3, -0.25) is 4.79 Å². The van der Waals surface area contributed by atoms with Crippen molar-refractivity contribution in [2.45, 2.75) is 6.54 Å². The van der Waals surface area contributed by atoms with Gasteiger partial charge in [0.25, 0.3) is 5.91 Å². The molecule has 0 radical (unpaired) electrons. The third kappa shape index (κ3) is 4.59. The molecule has 1 aliphatic heterocycles. The van der Waals surface area contributed by atoms with Crippen LogP contribution in [0.4, 0.5) is 11.9 Å². The number of carbonyl (C=O) groups excluding carboxylic acids is 1. The summed E-state index contributed by atoms with van der Waals surface area (Å²) in [6, 6.07) is 3.33. The number of methoxy groups -OCH3 is 1. The van der Waals surface area contributed by atoms with Gasteiger partial charge in [-0.25, -0.2) is 4.98 Å². The van der Waals surface area contributed by atoms with E-state index in [1.807, 2.05) is 19.0 Å². The fraction of sp³-hybridized carbons (Fsp3) is 0.471. The number of aromatic nitrogens is 4. The number of hydrogen-bond donors (Lipinski definition) is 1. The molecule has 3 heterocycles. The van der Waals surface area contributed by atoms with E-state index in [1.54, 1.807) is 23.2 Å². The van der Waals surface area contributed by atoms with Crippen molar-refractivity contribution in [1.29, 1.82) is 0 Å². The summed E-state index contributed by atoms with van der Waals surface area (Å²) in [6.07, 6.45) is 1.57. The van der Waals surface area contributed by atoms with E-state index in [9.17, 15) is 4.79 Å². The monoisotopic (exact) mass is 373 g/mol. The maximum atomic E-state index is 12.5. The van der Waals surface area contributed by atoms with Crippen molar-refractivity contribution in [3.8, 4) is 5.88 Å². The van der Waals surface area contributed by atoms with Gasteiger partial charge in [-0.1, -0.05) is 0 Å². The number of ether oxygens (including phenoxy) is 2. The van der Waals surface area contributed by atoms with Crippen LogP contribution in [0, 0.1) is 0 Å². The summed E-state index contributed by atoms with van der Waals surface area (Å²) in [5.74, 6) is 1.56. The zero-order valence-corrected chi connectivity index (χ0v) is 15.7. The van der Waals surface area contributed by atoms with Crippen molar-refractivity contribution in [1.82, 2.24) is 25.3 Å². The maximum Gasteiger partial charge on any atom is 0.257 e. The van der Waals surface area contributed by atoms with Crippen LogP contribution in [-0.4, -0.2) is 73.4 Å². The summed E-state index contributed by atoms with van der Waals surface area (Å²) in [7, 11) is 5.20. The Balaban J connectivity index is 1.77. The topological polar surface area (TPSA) is 106 Å². The van der Waals surface area contributed by atoms with Crippen molar-refractivity contribution < 1.29 is 14.3 Å². The fourth-order valence-corrected chi connectivity index (χ4v) is 2.56. The van der Waals surface area contributed by atoms with Crippen LogP contribution in [0.25, 0.3) is 0 Å². The predicted octanol–water partition coefficient (Wildman–Crippen LogP) is 0.108. The standard InChI is InChI=1S/C17H23N7O3/c1-23(2)16-20-13(21-17(22-16)24-7-9-27-10-8-24)11-19-14(25)12-5-4-6-18-15(12)26-3/h4-6H,7-11H2,1-3H3,(H,19,25). The van der Waals surface area contributed by atoms with Crippen molar-refractivity contribution >= 4 is 17.8 Å². The van der Waals surface area contributed by atoms with Crippen molar-refractivity contribution in [3.05, 3.63) is 29.7 Å².